The SMILES string of the molecule is [CH]=CC=CCCCCCCCCCCCCCCCCCC. The summed E-state index contributed by atoms with van der Waals surface area (Å²) in [6.07, 6.45) is 29.9. The van der Waals surface area contributed by atoms with Crippen LogP contribution < -0.4 is 0 Å². The quantitative estimate of drug-likeness (QED) is 0.177. The molecule has 0 rings (SSSR count). The molecule has 0 saturated carbocycles. The lowest BCUT2D eigenvalue weighted by atomic mass is 10.0. The molecule has 0 aromatic carbocycles. The predicted octanol–water partition coefficient (Wildman–Crippen LogP) is 8.18. The predicted molar refractivity (Wildman–Crippen MR) is 102 cm³/mol. The summed E-state index contributed by atoms with van der Waals surface area (Å²) in [5.41, 5.74) is 0. The minimum absolute atomic E-state index is 1.19. The summed E-state index contributed by atoms with van der Waals surface area (Å²) in [6, 6.07) is 0. The standard InChI is InChI=1S/C22H41/c1-3-5-7-9-11-13-15-17-19-21-22-20-18-16-14-12-10-8-6-4-2/h1,3,5,7H,4,6,8-22H2,2H3. The van der Waals surface area contributed by atoms with Crippen LogP contribution in [-0.4, -0.2) is 0 Å². The molecule has 0 nitrogen and oxygen atoms in total. The first kappa shape index (κ1) is 21.5. The highest BCUT2D eigenvalue weighted by Crippen LogP contribution is 2.14. The molecule has 0 aliphatic carbocycles. The topological polar surface area (TPSA) is 0 Å². The van der Waals surface area contributed by atoms with Gasteiger partial charge in [-0.05, 0) is 12.8 Å². The second kappa shape index (κ2) is 20.5. The molecule has 0 aliphatic rings. The van der Waals surface area contributed by atoms with Gasteiger partial charge in [0.15, 0.2) is 0 Å². The van der Waals surface area contributed by atoms with Gasteiger partial charge >= 0.3 is 0 Å². The van der Waals surface area contributed by atoms with Crippen molar-refractivity contribution in [2.45, 2.75) is 116 Å². The van der Waals surface area contributed by atoms with Crippen molar-refractivity contribution in [3.05, 3.63) is 24.8 Å². The molecule has 0 aromatic heterocycles. The zero-order valence-electron chi connectivity index (χ0n) is 15.3. The molecule has 0 aliphatic heterocycles. The first-order valence-corrected chi connectivity index (χ1v) is 10.1. The van der Waals surface area contributed by atoms with Gasteiger partial charge in [-0.25, -0.2) is 0 Å². The molecular weight excluding hydrogens is 264 g/mol. The van der Waals surface area contributed by atoms with Crippen LogP contribution in [0.3, 0.4) is 0 Å². The Hall–Kier alpha value is -0.520. The van der Waals surface area contributed by atoms with Gasteiger partial charge in [-0.2, -0.15) is 0 Å². The van der Waals surface area contributed by atoms with E-state index in [2.05, 4.69) is 13.0 Å². The Bertz CT molecular complexity index is 226. The highest BCUT2D eigenvalue weighted by atomic mass is 14.0. The molecule has 129 valence electrons. The summed E-state index contributed by atoms with van der Waals surface area (Å²) in [5.74, 6) is 0. The molecule has 0 N–H and O–H groups in total. The third-order valence-electron chi connectivity index (χ3n) is 4.47. The minimum Gasteiger partial charge on any atom is -0.0845 e. The molecule has 0 aromatic rings. The van der Waals surface area contributed by atoms with Crippen LogP contribution in [0.1, 0.15) is 116 Å². The molecule has 0 heterocycles. The van der Waals surface area contributed by atoms with Crippen molar-refractivity contribution in [3.8, 4) is 0 Å². The largest absolute Gasteiger partial charge is 0.0845 e. The number of allylic oxidation sites excluding steroid dienone is 3. The zero-order chi connectivity index (χ0) is 16.1. The van der Waals surface area contributed by atoms with E-state index in [0.29, 0.717) is 0 Å². The van der Waals surface area contributed by atoms with Crippen LogP contribution in [-0.2, 0) is 0 Å². The van der Waals surface area contributed by atoms with Crippen LogP contribution in [0.4, 0.5) is 0 Å². The second-order valence-corrected chi connectivity index (χ2v) is 6.71. The number of hydrogen-bond donors (Lipinski definition) is 0. The third-order valence-corrected chi connectivity index (χ3v) is 4.47. The van der Waals surface area contributed by atoms with Crippen LogP contribution in [0.15, 0.2) is 18.2 Å². The number of rotatable bonds is 18. The van der Waals surface area contributed by atoms with E-state index in [1.54, 1.807) is 6.08 Å². The average Bonchev–Trinajstić information content (AvgIpc) is 2.54. The van der Waals surface area contributed by atoms with E-state index in [4.69, 9.17) is 6.58 Å². The molecule has 22 heavy (non-hydrogen) atoms. The fourth-order valence-corrected chi connectivity index (χ4v) is 2.99. The van der Waals surface area contributed by atoms with Crippen molar-refractivity contribution in [3.63, 3.8) is 0 Å². The minimum atomic E-state index is 1.19. The van der Waals surface area contributed by atoms with Gasteiger partial charge in [-0.3, -0.25) is 0 Å². The van der Waals surface area contributed by atoms with Crippen molar-refractivity contribution < 1.29 is 0 Å². The van der Waals surface area contributed by atoms with Gasteiger partial charge in [0.25, 0.3) is 0 Å². The van der Waals surface area contributed by atoms with Gasteiger partial charge < -0.3 is 0 Å². The van der Waals surface area contributed by atoms with E-state index in [9.17, 15) is 0 Å². The fraction of sp³-hybridized carbons (Fsp3) is 0.818. The summed E-state index contributed by atoms with van der Waals surface area (Å²) in [4.78, 5) is 0. The van der Waals surface area contributed by atoms with Crippen LogP contribution in [0.25, 0.3) is 0 Å². The van der Waals surface area contributed by atoms with Gasteiger partial charge in [0.05, 0.1) is 0 Å². The lowest BCUT2D eigenvalue weighted by molar-refractivity contribution is 0.530. The summed E-state index contributed by atoms with van der Waals surface area (Å²) in [7, 11) is 0. The maximum absolute atomic E-state index is 5.29. The van der Waals surface area contributed by atoms with Gasteiger partial charge in [0, 0.05) is 0 Å². The van der Waals surface area contributed by atoms with Gasteiger partial charge in [-0.1, -0.05) is 128 Å². The lowest BCUT2D eigenvalue weighted by Gasteiger charge is -2.03. The Morgan fingerprint density at radius 1 is 0.545 bits per heavy atom. The van der Waals surface area contributed by atoms with Crippen LogP contribution in [0, 0.1) is 6.58 Å². The molecule has 0 spiro atoms. The summed E-state index contributed by atoms with van der Waals surface area (Å²) in [5, 5.41) is 0. The number of hydrogen-bond acceptors (Lipinski definition) is 0. The van der Waals surface area contributed by atoms with Crippen LogP contribution >= 0.6 is 0 Å². The summed E-state index contributed by atoms with van der Waals surface area (Å²) in [6.45, 7) is 7.58. The first-order valence-electron chi connectivity index (χ1n) is 10.1. The average molecular weight is 306 g/mol. The Morgan fingerprint density at radius 2 is 0.909 bits per heavy atom. The fourth-order valence-electron chi connectivity index (χ4n) is 2.99. The van der Waals surface area contributed by atoms with E-state index >= 15 is 0 Å². The van der Waals surface area contributed by atoms with E-state index in [-0.39, 0.29) is 0 Å². The molecule has 0 saturated heterocycles. The van der Waals surface area contributed by atoms with Crippen molar-refractivity contribution in [2.24, 2.45) is 0 Å². The van der Waals surface area contributed by atoms with Gasteiger partial charge in [0.2, 0.25) is 0 Å². The Morgan fingerprint density at radius 3 is 1.27 bits per heavy atom. The second-order valence-electron chi connectivity index (χ2n) is 6.71. The Kier molecular flexibility index (Phi) is 20.0. The van der Waals surface area contributed by atoms with Crippen molar-refractivity contribution in [2.75, 3.05) is 0 Å². The molecule has 1 radical (unpaired) electrons. The lowest BCUT2D eigenvalue weighted by Crippen LogP contribution is -1.83. The normalized spacial score (nSPS) is 11.3. The number of unbranched alkanes of at least 4 members (excludes halogenated alkanes) is 16. The maximum atomic E-state index is 5.29. The van der Waals surface area contributed by atoms with Gasteiger partial charge in [-0.15, -0.1) is 0 Å². The zero-order valence-corrected chi connectivity index (χ0v) is 15.3. The third kappa shape index (κ3) is 19.5. The highest BCUT2D eigenvalue weighted by Gasteiger charge is 1.94. The summed E-state index contributed by atoms with van der Waals surface area (Å²) < 4.78 is 0. The van der Waals surface area contributed by atoms with Crippen molar-refractivity contribution >= 4 is 0 Å². The molecule has 0 heteroatoms. The first-order chi connectivity index (χ1) is 10.9. The van der Waals surface area contributed by atoms with Crippen molar-refractivity contribution in [1.82, 2.24) is 0 Å². The summed E-state index contributed by atoms with van der Waals surface area (Å²) >= 11 is 0. The molecule has 0 amide bonds. The van der Waals surface area contributed by atoms with Crippen molar-refractivity contribution in [1.29, 1.82) is 0 Å². The molecular formula is C22H41. The highest BCUT2D eigenvalue weighted by molar-refractivity contribution is 4.95. The van der Waals surface area contributed by atoms with Crippen LogP contribution in [0.2, 0.25) is 0 Å². The maximum Gasteiger partial charge on any atom is -0.0348 e. The molecule has 0 atom stereocenters. The van der Waals surface area contributed by atoms with Gasteiger partial charge in [0.1, 0.15) is 0 Å². The van der Waals surface area contributed by atoms with E-state index < -0.39 is 0 Å². The Labute approximate surface area is 141 Å². The monoisotopic (exact) mass is 305 g/mol. The van der Waals surface area contributed by atoms with E-state index in [1.807, 2.05) is 6.08 Å². The van der Waals surface area contributed by atoms with E-state index in [1.165, 1.54) is 109 Å². The van der Waals surface area contributed by atoms with Crippen LogP contribution in [0.5, 0.6) is 0 Å². The molecule has 0 fully saturated rings. The molecule has 0 unspecified atom stereocenters. The van der Waals surface area contributed by atoms with E-state index in [0.717, 1.165) is 0 Å². The molecule has 0 bridgehead atoms. The smallest absolute Gasteiger partial charge is 0.0348 e. The Balaban J connectivity index is 2.97.